The van der Waals surface area contributed by atoms with Crippen molar-refractivity contribution in [1.82, 2.24) is 10.3 Å². The van der Waals surface area contributed by atoms with Crippen molar-refractivity contribution in [2.75, 3.05) is 34.2 Å². The van der Waals surface area contributed by atoms with Crippen molar-refractivity contribution in [1.29, 1.82) is 0 Å². The van der Waals surface area contributed by atoms with Crippen molar-refractivity contribution in [3.63, 3.8) is 0 Å². The molecule has 2 aromatic heterocycles. The monoisotopic (exact) mass is 527 g/mol. The summed E-state index contributed by atoms with van der Waals surface area (Å²) in [5.74, 6) is -0.497. The van der Waals surface area contributed by atoms with Crippen LogP contribution in [0.4, 0.5) is 5.69 Å². The van der Waals surface area contributed by atoms with Gasteiger partial charge in [0.1, 0.15) is 11.5 Å². The molecule has 2 heterocycles. The molecule has 0 aliphatic rings. The number of benzene rings is 1. The quantitative estimate of drug-likeness (QED) is 0.339. The third kappa shape index (κ3) is 5.83. The maximum absolute atomic E-state index is 13.3. The van der Waals surface area contributed by atoms with Crippen LogP contribution in [0.5, 0.6) is 23.0 Å². The van der Waals surface area contributed by atoms with E-state index in [1.807, 2.05) is 0 Å². The molecule has 11 nitrogen and oxygen atoms in total. The Morgan fingerprint density at radius 2 is 1.84 bits per heavy atom. The van der Waals surface area contributed by atoms with Crippen LogP contribution in [-0.4, -0.2) is 44.4 Å². The van der Waals surface area contributed by atoms with E-state index in [-0.39, 0.29) is 48.1 Å². The molecule has 0 spiro atoms. The van der Waals surface area contributed by atoms with Gasteiger partial charge in [0.2, 0.25) is 11.7 Å². The van der Waals surface area contributed by atoms with E-state index in [9.17, 15) is 14.7 Å². The van der Waals surface area contributed by atoms with Crippen molar-refractivity contribution in [3.8, 4) is 23.0 Å². The highest BCUT2D eigenvalue weighted by atomic mass is 16.5. The molecule has 0 saturated heterocycles. The number of nitrogen functional groups attached to an aromatic ring is 1. The lowest BCUT2D eigenvalue weighted by Crippen LogP contribution is -2.27. The number of aromatic hydroxyl groups is 1. The normalized spacial score (nSPS) is 11.6. The number of nitrogens with zero attached hydrogens (tertiary/aromatic N) is 1. The average molecular weight is 528 g/mol. The van der Waals surface area contributed by atoms with Crippen LogP contribution in [0.3, 0.4) is 0 Å². The van der Waals surface area contributed by atoms with Gasteiger partial charge in [-0.3, -0.25) is 9.78 Å². The van der Waals surface area contributed by atoms with Crippen LogP contribution < -0.4 is 30.9 Å². The number of amides is 1. The van der Waals surface area contributed by atoms with Crippen LogP contribution >= 0.6 is 0 Å². The number of rotatable bonds is 11. The third-order valence-corrected chi connectivity index (χ3v) is 6.22. The number of pyridine rings is 1. The summed E-state index contributed by atoms with van der Waals surface area (Å²) < 4.78 is 27.0. The van der Waals surface area contributed by atoms with Crippen molar-refractivity contribution in [2.24, 2.45) is 0 Å². The Morgan fingerprint density at radius 3 is 2.45 bits per heavy atom. The molecule has 0 radical (unpaired) electrons. The number of hydrogen-bond donors (Lipinski definition) is 3. The second-order valence-electron chi connectivity index (χ2n) is 8.59. The van der Waals surface area contributed by atoms with Gasteiger partial charge in [-0.05, 0) is 25.5 Å². The van der Waals surface area contributed by atoms with Gasteiger partial charge in [0.15, 0.2) is 11.5 Å². The van der Waals surface area contributed by atoms with Gasteiger partial charge in [0.25, 0.3) is 0 Å². The minimum absolute atomic E-state index is 0.0856. The predicted molar refractivity (Wildman–Crippen MR) is 140 cm³/mol. The Labute approximate surface area is 220 Å². The number of anilines is 1. The fourth-order valence-electron chi connectivity index (χ4n) is 4.32. The Balaban J connectivity index is 2.03. The summed E-state index contributed by atoms with van der Waals surface area (Å²) in [6.45, 7) is 3.71. The van der Waals surface area contributed by atoms with Crippen LogP contribution in [0.2, 0.25) is 0 Å². The summed E-state index contributed by atoms with van der Waals surface area (Å²) in [6, 6.07) is 4.61. The summed E-state index contributed by atoms with van der Waals surface area (Å²) in [7, 11) is 5.91. The van der Waals surface area contributed by atoms with Crippen LogP contribution in [0.25, 0.3) is 0 Å². The number of aromatic nitrogens is 1. The first-order chi connectivity index (χ1) is 18.2. The lowest BCUT2D eigenvalue weighted by molar-refractivity contribution is -0.121. The zero-order chi connectivity index (χ0) is 28.0. The molecule has 1 amide bonds. The van der Waals surface area contributed by atoms with E-state index >= 15 is 0 Å². The molecule has 0 bridgehead atoms. The summed E-state index contributed by atoms with van der Waals surface area (Å²) in [6.07, 6.45) is 1.41. The molecule has 1 atom stereocenters. The van der Waals surface area contributed by atoms with Gasteiger partial charge in [-0.25, -0.2) is 4.79 Å². The average Bonchev–Trinajstić information content (AvgIpc) is 2.88. The highest BCUT2D eigenvalue weighted by molar-refractivity contribution is 5.78. The largest absolute Gasteiger partial charge is 0.507 e. The minimum Gasteiger partial charge on any atom is -0.507 e. The summed E-state index contributed by atoms with van der Waals surface area (Å²) in [5.41, 5.74) is 8.33. The van der Waals surface area contributed by atoms with Crippen molar-refractivity contribution in [3.05, 3.63) is 68.5 Å². The zero-order valence-corrected chi connectivity index (χ0v) is 22.3. The lowest BCUT2D eigenvalue weighted by atomic mass is 9.87. The molecule has 0 unspecified atom stereocenters. The molecule has 11 heteroatoms. The topological polar surface area (TPSA) is 155 Å². The fourth-order valence-corrected chi connectivity index (χ4v) is 4.32. The van der Waals surface area contributed by atoms with Gasteiger partial charge in [-0.15, -0.1) is 0 Å². The molecular weight excluding hydrogens is 494 g/mol. The summed E-state index contributed by atoms with van der Waals surface area (Å²) >= 11 is 0. The van der Waals surface area contributed by atoms with Crippen LogP contribution in [0, 0.1) is 13.8 Å². The molecule has 1 aromatic carbocycles. The zero-order valence-electron chi connectivity index (χ0n) is 22.3. The predicted octanol–water partition coefficient (Wildman–Crippen LogP) is 2.95. The highest BCUT2D eigenvalue weighted by Crippen LogP contribution is 2.45. The number of ether oxygens (including phenoxy) is 4. The maximum atomic E-state index is 13.3. The standard InChI is InChI=1S/C27H33N3O8/c1-14-9-20(31)23(27(33)38-14)18(17-7-8-21(35-4)26(37-6)25(17)36-5)10-22(32)30-12-16-11-29-15(2)24(28)19(16)13-34-3/h7-9,11,18,31H,10,12-13,28H2,1-6H3,(H,30,32)/t18-/m1/s1. The first kappa shape index (κ1) is 28.3. The molecule has 0 aliphatic carbocycles. The maximum Gasteiger partial charge on any atom is 0.343 e. The highest BCUT2D eigenvalue weighted by Gasteiger charge is 2.30. The van der Waals surface area contributed by atoms with E-state index in [2.05, 4.69) is 10.3 Å². The number of aryl methyl sites for hydroxylation is 2. The second kappa shape index (κ2) is 12.3. The molecule has 38 heavy (non-hydrogen) atoms. The van der Waals surface area contributed by atoms with Gasteiger partial charge in [0.05, 0.1) is 44.9 Å². The number of hydrogen-bond acceptors (Lipinski definition) is 10. The molecule has 3 aromatic rings. The van der Waals surface area contributed by atoms with Crippen LogP contribution in [-0.2, 0) is 22.7 Å². The van der Waals surface area contributed by atoms with E-state index in [4.69, 9.17) is 29.1 Å². The van der Waals surface area contributed by atoms with Crippen LogP contribution in [0.1, 0.15) is 46.0 Å². The van der Waals surface area contributed by atoms with E-state index in [0.29, 0.717) is 28.3 Å². The number of nitrogens with two attached hydrogens (primary N) is 1. The van der Waals surface area contributed by atoms with E-state index in [0.717, 1.165) is 5.56 Å². The van der Waals surface area contributed by atoms with Crippen LogP contribution in [0.15, 0.2) is 33.6 Å². The molecule has 204 valence electrons. The van der Waals surface area contributed by atoms with Gasteiger partial charge in [-0.2, -0.15) is 0 Å². The van der Waals surface area contributed by atoms with Gasteiger partial charge < -0.3 is 39.5 Å². The van der Waals surface area contributed by atoms with E-state index < -0.39 is 17.5 Å². The van der Waals surface area contributed by atoms with Gasteiger partial charge in [-0.1, -0.05) is 6.07 Å². The van der Waals surface area contributed by atoms with E-state index in [1.165, 1.54) is 27.4 Å². The fraction of sp³-hybridized carbons (Fsp3) is 0.370. The van der Waals surface area contributed by atoms with E-state index in [1.54, 1.807) is 39.3 Å². The Bertz CT molecular complexity index is 1370. The molecule has 4 N–H and O–H groups in total. The van der Waals surface area contributed by atoms with Gasteiger partial charge in [0, 0.05) is 49.4 Å². The minimum atomic E-state index is -0.943. The number of carbonyl (C=O) groups excluding carboxylic acids is 1. The SMILES string of the molecule is COCc1c(CNC(=O)C[C@H](c2ccc(OC)c(OC)c2OC)c2c(O)cc(C)oc2=O)cnc(C)c1N. The van der Waals surface area contributed by atoms with Crippen molar-refractivity contribution < 1.29 is 33.3 Å². The first-order valence-corrected chi connectivity index (χ1v) is 11.8. The molecule has 3 rings (SSSR count). The molecule has 0 fully saturated rings. The Hall–Kier alpha value is -4.25. The molecule has 0 saturated carbocycles. The second-order valence-corrected chi connectivity index (χ2v) is 8.59. The third-order valence-electron chi connectivity index (χ3n) is 6.22. The van der Waals surface area contributed by atoms with Crippen molar-refractivity contribution in [2.45, 2.75) is 39.3 Å². The first-order valence-electron chi connectivity index (χ1n) is 11.8. The number of carbonyl (C=O) groups is 1. The smallest absolute Gasteiger partial charge is 0.343 e. The van der Waals surface area contributed by atoms with Gasteiger partial charge >= 0.3 is 5.63 Å². The molecule has 0 aliphatic heterocycles. The Kier molecular flexibility index (Phi) is 9.19. The van der Waals surface area contributed by atoms with Crippen molar-refractivity contribution >= 4 is 11.6 Å². The molecular formula is C27H33N3O8. The Morgan fingerprint density at radius 1 is 1.13 bits per heavy atom. The summed E-state index contributed by atoms with van der Waals surface area (Å²) in [5, 5.41) is 13.6. The lowest BCUT2D eigenvalue weighted by Gasteiger charge is -2.22. The summed E-state index contributed by atoms with van der Waals surface area (Å²) in [4.78, 5) is 30.4. The number of nitrogens with one attached hydrogen (secondary N) is 1. The number of methoxy groups -OCH3 is 4.